The van der Waals surface area contributed by atoms with E-state index in [2.05, 4.69) is 26.0 Å². The molecule has 2 N–H and O–H groups in total. The molecule has 0 atom stereocenters. The zero-order valence-corrected chi connectivity index (χ0v) is 11.1. The maximum absolute atomic E-state index is 12.0. The topological polar surface area (TPSA) is 46.3 Å². The molecule has 0 aromatic heterocycles. The Labute approximate surface area is 106 Å². The predicted molar refractivity (Wildman–Crippen MR) is 72.7 cm³/mol. The van der Waals surface area contributed by atoms with Gasteiger partial charge in [-0.1, -0.05) is 6.07 Å². The molecule has 0 aliphatic carbocycles. The Morgan fingerprint density at radius 1 is 1.47 bits per heavy atom. The summed E-state index contributed by atoms with van der Waals surface area (Å²) in [4.78, 5) is 15.2. The lowest BCUT2D eigenvalue weighted by Crippen LogP contribution is -2.36. The summed E-state index contributed by atoms with van der Waals surface area (Å²) in [7, 11) is 0. The van der Waals surface area contributed by atoms with Gasteiger partial charge in [-0.15, -0.1) is 11.8 Å². The van der Waals surface area contributed by atoms with E-state index in [1.54, 1.807) is 0 Å². The van der Waals surface area contributed by atoms with Crippen LogP contribution in [-0.2, 0) is 4.79 Å². The fourth-order valence-electron chi connectivity index (χ4n) is 2.20. The van der Waals surface area contributed by atoms with Crippen molar-refractivity contribution in [3.8, 4) is 0 Å². The van der Waals surface area contributed by atoms with E-state index < -0.39 is 0 Å². The molecule has 17 heavy (non-hydrogen) atoms. The maximum atomic E-state index is 12.0. The first-order valence-electron chi connectivity index (χ1n) is 5.88. The Morgan fingerprint density at radius 3 is 2.94 bits per heavy atom. The quantitative estimate of drug-likeness (QED) is 0.874. The summed E-state index contributed by atoms with van der Waals surface area (Å²) in [5.74, 6) is 1.10. The number of carbonyl (C=O) groups is 1. The number of benzene rings is 1. The summed E-state index contributed by atoms with van der Waals surface area (Å²) in [6.07, 6.45) is 0.428. The van der Waals surface area contributed by atoms with Gasteiger partial charge in [0.15, 0.2) is 0 Å². The van der Waals surface area contributed by atoms with Crippen LogP contribution in [0.25, 0.3) is 0 Å². The number of rotatable bonds is 2. The number of nitrogens with zero attached hydrogens (tertiary/aromatic N) is 1. The number of nitrogens with two attached hydrogens (primary N) is 1. The van der Waals surface area contributed by atoms with E-state index >= 15 is 0 Å². The number of hydrogen-bond donors (Lipinski definition) is 1. The van der Waals surface area contributed by atoms with Gasteiger partial charge in [-0.05, 0) is 31.0 Å². The van der Waals surface area contributed by atoms with Crippen molar-refractivity contribution in [2.75, 3.05) is 23.7 Å². The van der Waals surface area contributed by atoms with Gasteiger partial charge in [-0.2, -0.15) is 0 Å². The molecule has 0 saturated carbocycles. The first kappa shape index (κ1) is 12.5. The molecule has 0 unspecified atom stereocenters. The minimum absolute atomic E-state index is 0.138. The van der Waals surface area contributed by atoms with Crippen LogP contribution < -0.4 is 10.6 Å². The van der Waals surface area contributed by atoms with Crippen molar-refractivity contribution in [2.24, 2.45) is 5.73 Å². The Hall–Kier alpha value is -1.000. The van der Waals surface area contributed by atoms with Crippen LogP contribution >= 0.6 is 11.8 Å². The fourth-order valence-corrected chi connectivity index (χ4v) is 3.28. The minimum Gasteiger partial charge on any atom is -0.330 e. The van der Waals surface area contributed by atoms with Crippen LogP contribution in [0.4, 0.5) is 5.69 Å². The van der Waals surface area contributed by atoms with Crippen LogP contribution in [0.15, 0.2) is 17.0 Å². The molecule has 4 heteroatoms. The number of thioether (sulfide) groups is 1. The largest absolute Gasteiger partial charge is 0.330 e. The van der Waals surface area contributed by atoms with Gasteiger partial charge in [-0.25, -0.2) is 0 Å². The number of hydrogen-bond acceptors (Lipinski definition) is 3. The third kappa shape index (κ3) is 2.48. The predicted octanol–water partition coefficient (Wildman–Crippen LogP) is 2.09. The second kappa shape index (κ2) is 5.10. The third-order valence-electron chi connectivity index (χ3n) is 2.91. The second-order valence-electron chi connectivity index (χ2n) is 4.36. The summed E-state index contributed by atoms with van der Waals surface area (Å²) in [6, 6.07) is 4.27. The van der Waals surface area contributed by atoms with Gasteiger partial charge in [0, 0.05) is 30.2 Å². The number of fused-ring (bicyclic) bond motifs is 1. The summed E-state index contributed by atoms with van der Waals surface area (Å²) in [5.41, 5.74) is 8.99. The second-order valence-corrected chi connectivity index (χ2v) is 5.47. The molecular weight excluding hydrogens is 232 g/mol. The lowest BCUT2D eigenvalue weighted by molar-refractivity contribution is -0.118. The zero-order valence-electron chi connectivity index (χ0n) is 10.3. The average molecular weight is 250 g/mol. The van der Waals surface area contributed by atoms with Gasteiger partial charge < -0.3 is 10.6 Å². The van der Waals surface area contributed by atoms with E-state index in [9.17, 15) is 4.79 Å². The van der Waals surface area contributed by atoms with Gasteiger partial charge in [0.05, 0.1) is 5.69 Å². The standard InChI is InChI=1S/C13H18N2OS/c1-9-7-10(2)13-11(8-9)15(5-6-17-13)12(16)3-4-14/h7-8H,3-6,14H2,1-2H3. The van der Waals surface area contributed by atoms with E-state index in [0.717, 1.165) is 18.0 Å². The first-order valence-corrected chi connectivity index (χ1v) is 6.86. The number of anilines is 1. The Balaban J connectivity index is 2.40. The molecule has 92 valence electrons. The number of carbonyl (C=O) groups excluding carboxylic acids is 1. The van der Waals surface area contributed by atoms with E-state index in [1.807, 2.05) is 16.7 Å². The van der Waals surface area contributed by atoms with Crippen molar-refractivity contribution in [2.45, 2.75) is 25.2 Å². The average Bonchev–Trinajstić information content (AvgIpc) is 2.28. The summed E-state index contributed by atoms with van der Waals surface area (Å²) < 4.78 is 0. The Kier molecular flexibility index (Phi) is 3.74. The van der Waals surface area contributed by atoms with Crippen LogP contribution in [0.2, 0.25) is 0 Å². The molecule has 0 spiro atoms. The molecule has 0 fully saturated rings. The van der Waals surface area contributed by atoms with E-state index in [1.165, 1.54) is 16.0 Å². The van der Waals surface area contributed by atoms with Crippen LogP contribution in [0.1, 0.15) is 17.5 Å². The SMILES string of the molecule is Cc1cc(C)c2c(c1)N(C(=O)CCN)CCS2. The molecule has 1 aliphatic rings. The zero-order chi connectivity index (χ0) is 12.4. The summed E-state index contributed by atoms with van der Waals surface area (Å²) >= 11 is 1.84. The molecule has 3 nitrogen and oxygen atoms in total. The lowest BCUT2D eigenvalue weighted by Gasteiger charge is -2.30. The van der Waals surface area contributed by atoms with Crippen molar-refractivity contribution in [1.29, 1.82) is 0 Å². The van der Waals surface area contributed by atoms with Gasteiger partial charge in [-0.3, -0.25) is 4.79 Å². The van der Waals surface area contributed by atoms with Crippen molar-refractivity contribution in [3.05, 3.63) is 23.3 Å². The highest BCUT2D eigenvalue weighted by Crippen LogP contribution is 2.38. The van der Waals surface area contributed by atoms with Crippen molar-refractivity contribution >= 4 is 23.4 Å². The molecule has 0 saturated heterocycles. The number of aryl methyl sites for hydroxylation is 2. The van der Waals surface area contributed by atoms with Gasteiger partial charge >= 0.3 is 0 Å². The van der Waals surface area contributed by atoms with Gasteiger partial charge in [0.2, 0.25) is 5.91 Å². The molecule has 2 rings (SSSR count). The van der Waals surface area contributed by atoms with Crippen molar-refractivity contribution in [1.82, 2.24) is 0 Å². The molecule has 1 aliphatic heterocycles. The molecule has 1 aromatic carbocycles. The van der Waals surface area contributed by atoms with Crippen LogP contribution in [0.3, 0.4) is 0 Å². The van der Waals surface area contributed by atoms with Crippen LogP contribution in [0.5, 0.6) is 0 Å². The van der Waals surface area contributed by atoms with E-state index in [-0.39, 0.29) is 5.91 Å². The summed E-state index contributed by atoms with van der Waals surface area (Å²) in [6.45, 7) is 5.38. The lowest BCUT2D eigenvalue weighted by atomic mass is 10.1. The molecule has 0 bridgehead atoms. The van der Waals surface area contributed by atoms with Gasteiger partial charge in [0.25, 0.3) is 0 Å². The fraction of sp³-hybridized carbons (Fsp3) is 0.462. The van der Waals surface area contributed by atoms with Crippen molar-refractivity contribution in [3.63, 3.8) is 0 Å². The van der Waals surface area contributed by atoms with Crippen molar-refractivity contribution < 1.29 is 4.79 Å². The molecule has 1 amide bonds. The third-order valence-corrected chi connectivity index (χ3v) is 4.12. The normalized spacial score (nSPS) is 14.6. The van der Waals surface area contributed by atoms with Gasteiger partial charge in [0.1, 0.15) is 0 Å². The Bertz CT molecular complexity index is 445. The highest BCUT2D eigenvalue weighted by atomic mass is 32.2. The summed E-state index contributed by atoms with van der Waals surface area (Å²) in [5, 5.41) is 0. The highest BCUT2D eigenvalue weighted by Gasteiger charge is 2.23. The molecular formula is C13H18N2OS. The van der Waals surface area contributed by atoms with E-state index in [0.29, 0.717) is 13.0 Å². The maximum Gasteiger partial charge on any atom is 0.228 e. The van der Waals surface area contributed by atoms with E-state index in [4.69, 9.17) is 5.73 Å². The number of amides is 1. The molecule has 1 heterocycles. The van der Waals surface area contributed by atoms with Crippen LogP contribution in [0, 0.1) is 13.8 Å². The van der Waals surface area contributed by atoms with Crippen LogP contribution in [-0.4, -0.2) is 24.7 Å². The molecule has 1 aromatic rings. The molecule has 0 radical (unpaired) electrons. The first-order chi connectivity index (χ1) is 8.13. The monoisotopic (exact) mass is 250 g/mol. The highest BCUT2D eigenvalue weighted by molar-refractivity contribution is 7.99. The Morgan fingerprint density at radius 2 is 2.24 bits per heavy atom. The minimum atomic E-state index is 0.138. The smallest absolute Gasteiger partial charge is 0.228 e.